The standard InChI is InChI=1S/C16H13FN2O3S/c17-11-5-3-10(4-6-11)12(20)8-18-16(21)14-15(22-9-19-14)13-2-1-7-23-13/h1-7,9,12,20H,8H2,(H,18,21). The number of nitrogens with one attached hydrogen (secondary N) is 1. The monoisotopic (exact) mass is 332 g/mol. The molecule has 1 aromatic carbocycles. The molecule has 3 rings (SSSR count). The Bertz CT molecular complexity index is 784. The molecule has 1 amide bonds. The van der Waals surface area contributed by atoms with Crippen LogP contribution in [0.15, 0.2) is 52.6 Å². The molecule has 0 aliphatic carbocycles. The lowest BCUT2D eigenvalue weighted by Crippen LogP contribution is -2.29. The normalized spacial score (nSPS) is 12.1. The fourth-order valence-corrected chi connectivity index (χ4v) is 2.78. The molecule has 0 saturated carbocycles. The topological polar surface area (TPSA) is 75.4 Å². The van der Waals surface area contributed by atoms with Gasteiger partial charge in [0.05, 0.1) is 11.0 Å². The van der Waals surface area contributed by atoms with Crippen LogP contribution >= 0.6 is 11.3 Å². The highest BCUT2D eigenvalue weighted by Crippen LogP contribution is 2.27. The van der Waals surface area contributed by atoms with Crippen LogP contribution in [0, 0.1) is 5.82 Å². The summed E-state index contributed by atoms with van der Waals surface area (Å²) in [6, 6.07) is 9.14. The van der Waals surface area contributed by atoms with Gasteiger partial charge in [0.15, 0.2) is 17.8 Å². The fourth-order valence-electron chi connectivity index (χ4n) is 2.07. The molecule has 0 spiro atoms. The summed E-state index contributed by atoms with van der Waals surface area (Å²) in [6.07, 6.45) is 0.275. The van der Waals surface area contributed by atoms with Crippen molar-refractivity contribution in [3.8, 4) is 10.6 Å². The summed E-state index contributed by atoms with van der Waals surface area (Å²) in [7, 11) is 0. The van der Waals surface area contributed by atoms with Crippen LogP contribution in [-0.4, -0.2) is 22.5 Å². The first-order chi connectivity index (χ1) is 11.1. The number of hydrogen-bond donors (Lipinski definition) is 2. The summed E-state index contributed by atoms with van der Waals surface area (Å²) in [5.41, 5.74) is 0.684. The van der Waals surface area contributed by atoms with Gasteiger partial charge in [0.1, 0.15) is 5.82 Å². The third kappa shape index (κ3) is 3.46. The Morgan fingerprint density at radius 3 is 2.83 bits per heavy atom. The number of rotatable bonds is 5. The van der Waals surface area contributed by atoms with E-state index in [9.17, 15) is 14.3 Å². The van der Waals surface area contributed by atoms with Crippen LogP contribution < -0.4 is 5.32 Å². The minimum atomic E-state index is -0.934. The van der Waals surface area contributed by atoms with E-state index in [0.717, 1.165) is 4.88 Å². The Hall–Kier alpha value is -2.51. The Balaban J connectivity index is 1.66. The second-order valence-corrected chi connectivity index (χ2v) is 5.73. The third-order valence-corrected chi connectivity index (χ3v) is 4.11. The smallest absolute Gasteiger partial charge is 0.274 e. The Morgan fingerprint density at radius 2 is 2.13 bits per heavy atom. The second-order valence-electron chi connectivity index (χ2n) is 4.78. The second kappa shape index (κ2) is 6.72. The molecule has 0 fully saturated rings. The number of aromatic nitrogens is 1. The van der Waals surface area contributed by atoms with E-state index in [-0.39, 0.29) is 18.1 Å². The predicted octanol–water partition coefficient (Wildman–Crippen LogP) is 3.01. The molecular formula is C16H13FN2O3S. The molecule has 3 aromatic rings. The highest BCUT2D eigenvalue weighted by Gasteiger charge is 2.19. The first-order valence-electron chi connectivity index (χ1n) is 6.84. The molecule has 1 unspecified atom stereocenters. The van der Waals surface area contributed by atoms with Gasteiger partial charge in [-0.3, -0.25) is 4.79 Å². The molecule has 0 radical (unpaired) electrons. The van der Waals surface area contributed by atoms with Gasteiger partial charge in [0, 0.05) is 6.54 Å². The van der Waals surface area contributed by atoms with E-state index in [0.29, 0.717) is 11.3 Å². The minimum absolute atomic E-state index is 0.0127. The van der Waals surface area contributed by atoms with E-state index in [1.807, 2.05) is 17.5 Å². The number of oxazole rings is 1. The molecule has 1 atom stereocenters. The van der Waals surface area contributed by atoms with Crippen molar-refractivity contribution in [2.75, 3.05) is 6.54 Å². The fraction of sp³-hybridized carbons (Fsp3) is 0.125. The lowest BCUT2D eigenvalue weighted by Gasteiger charge is -2.11. The van der Waals surface area contributed by atoms with E-state index in [2.05, 4.69) is 10.3 Å². The predicted molar refractivity (Wildman–Crippen MR) is 83.5 cm³/mol. The molecule has 2 aromatic heterocycles. The highest BCUT2D eigenvalue weighted by molar-refractivity contribution is 7.13. The number of carbonyl (C=O) groups excluding carboxylic acids is 1. The first-order valence-corrected chi connectivity index (χ1v) is 7.72. The number of carbonyl (C=O) groups is 1. The van der Waals surface area contributed by atoms with Crippen LogP contribution in [0.4, 0.5) is 4.39 Å². The molecule has 5 nitrogen and oxygen atoms in total. The van der Waals surface area contributed by atoms with Gasteiger partial charge in [-0.15, -0.1) is 11.3 Å². The number of amides is 1. The Labute approximate surface area is 135 Å². The summed E-state index contributed by atoms with van der Waals surface area (Å²) in [4.78, 5) is 16.9. The number of halogens is 1. The van der Waals surface area contributed by atoms with Crippen molar-refractivity contribution in [2.45, 2.75) is 6.10 Å². The first kappa shape index (κ1) is 15.4. The van der Waals surface area contributed by atoms with E-state index < -0.39 is 12.0 Å². The van der Waals surface area contributed by atoms with Crippen LogP contribution in [0.5, 0.6) is 0 Å². The van der Waals surface area contributed by atoms with Crippen LogP contribution in [-0.2, 0) is 0 Å². The number of aliphatic hydroxyl groups excluding tert-OH is 1. The average Bonchev–Trinajstić information content (AvgIpc) is 3.23. The quantitative estimate of drug-likeness (QED) is 0.753. The summed E-state index contributed by atoms with van der Waals surface area (Å²) in [5, 5.41) is 14.5. The zero-order chi connectivity index (χ0) is 16.2. The molecule has 2 N–H and O–H groups in total. The van der Waals surface area contributed by atoms with Crippen molar-refractivity contribution >= 4 is 17.2 Å². The lowest BCUT2D eigenvalue weighted by atomic mass is 10.1. The van der Waals surface area contributed by atoms with Gasteiger partial charge in [-0.2, -0.15) is 0 Å². The number of nitrogens with zero attached hydrogens (tertiary/aromatic N) is 1. The van der Waals surface area contributed by atoms with Gasteiger partial charge < -0.3 is 14.8 Å². The molecule has 0 bridgehead atoms. The minimum Gasteiger partial charge on any atom is -0.442 e. The molecule has 23 heavy (non-hydrogen) atoms. The Morgan fingerprint density at radius 1 is 1.35 bits per heavy atom. The average molecular weight is 332 g/mol. The maximum absolute atomic E-state index is 12.9. The van der Waals surface area contributed by atoms with Gasteiger partial charge in [0.2, 0.25) is 0 Å². The number of benzene rings is 1. The van der Waals surface area contributed by atoms with E-state index in [4.69, 9.17) is 4.42 Å². The van der Waals surface area contributed by atoms with E-state index in [1.165, 1.54) is 42.0 Å². The molecular weight excluding hydrogens is 319 g/mol. The van der Waals surface area contributed by atoms with Crippen LogP contribution in [0.25, 0.3) is 10.6 Å². The molecule has 0 aliphatic rings. The van der Waals surface area contributed by atoms with Gasteiger partial charge in [-0.05, 0) is 29.1 Å². The van der Waals surface area contributed by atoms with Crippen molar-refractivity contribution in [3.63, 3.8) is 0 Å². The number of hydrogen-bond acceptors (Lipinski definition) is 5. The van der Waals surface area contributed by atoms with Crippen LogP contribution in [0.2, 0.25) is 0 Å². The zero-order valence-corrected chi connectivity index (χ0v) is 12.7. The summed E-state index contributed by atoms with van der Waals surface area (Å²) in [6.45, 7) is -0.0127. The van der Waals surface area contributed by atoms with Crippen molar-refractivity contribution in [3.05, 3.63) is 65.2 Å². The third-order valence-electron chi connectivity index (χ3n) is 3.24. The van der Waals surface area contributed by atoms with E-state index in [1.54, 1.807) is 0 Å². The number of aliphatic hydroxyl groups is 1. The van der Waals surface area contributed by atoms with Crippen LogP contribution in [0.1, 0.15) is 22.2 Å². The Kier molecular flexibility index (Phi) is 4.50. The largest absolute Gasteiger partial charge is 0.442 e. The molecule has 2 heterocycles. The van der Waals surface area contributed by atoms with Gasteiger partial charge >= 0.3 is 0 Å². The van der Waals surface area contributed by atoms with Gasteiger partial charge in [-0.25, -0.2) is 9.37 Å². The molecule has 0 saturated heterocycles. The summed E-state index contributed by atoms with van der Waals surface area (Å²) in [5.74, 6) is -0.426. The molecule has 0 aliphatic heterocycles. The van der Waals surface area contributed by atoms with Crippen molar-refractivity contribution < 1.29 is 18.7 Å². The van der Waals surface area contributed by atoms with Gasteiger partial charge in [-0.1, -0.05) is 18.2 Å². The summed E-state index contributed by atoms with van der Waals surface area (Å²) >= 11 is 1.44. The molecule has 7 heteroatoms. The van der Waals surface area contributed by atoms with Gasteiger partial charge in [0.25, 0.3) is 5.91 Å². The lowest BCUT2D eigenvalue weighted by molar-refractivity contribution is 0.0912. The van der Waals surface area contributed by atoms with E-state index >= 15 is 0 Å². The molecule has 118 valence electrons. The van der Waals surface area contributed by atoms with Crippen LogP contribution in [0.3, 0.4) is 0 Å². The maximum Gasteiger partial charge on any atom is 0.274 e. The zero-order valence-electron chi connectivity index (χ0n) is 11.9. The highest BCUT2D eigenvalue weighted by atomic mass is 32.1. The summed E-state index contributed by atoms with van der Waals surface area (Å²) < 4.78 is 18.1. The van der Waals surface area contributed by atoms with Crippen molar-refractivity contribution in [2.24, 2.45) is 0 Å². The van der Waals surface area contributed by atoms with Crippen molar-refractivity contribution in [1.82, 2.24) is 10.3 Å². The SMILES string of the molecule is O=C(NCC(O)c1ccc(F)cc1)c1ncoc1-c1cccs1. The van der Waals surface area contributed by atoms with Crippen molar-refractivity contribution in [1.29, 1.82) is 0 Å². The maximum atomic E-state index is 12.9. The number of thiophene rings is 1.